The van der Waals surface area contributed by atoms with Gasteiger partial charge in [-0.1, -0.05) is 0 Å². The van der Waals surface area contributed by atoms with Gasteiger partial charge in [0.1, 0.15) is 29.2 Å². The molecule has 0 atom stereocenters. The molecule has 0 spiro atoms. The number of carbonyl (C=O) groups is 2. The van der Waals surface area contributed by atoms with E-state index in [2.05, 4.69) is 9.97 Å². The topological polar surface area (TPSA) is 142 Å². The second kappa shape index (κ2) is 11.5. The fourth-order valence-corrected chi connectivity index (χ4v) is 3.67. The molecule has 0 bridgehead atoms. The predicted octanol–water partition coefficient (Wildman–Crippen LogP) is 4.50. The van der Waals surface area contributed by atoms with Gasteiger partial charge in [-0.3, -0.25) is 4.79 Å². The van der Waals surface area contributed by atoms with Gasteiger partial charge in [0, 0.05) is 62.3 Å². The van der Waals surface area contributed by atoms with Crippen LogP contribution in [0.2, 0.25) is 0 Å². The van der Waals surface area contributed by atoms with Gasteiger partial charge < -0.3 is 24.0 Å². The van der Waals surface area contributed by atoms with Gasteiger partial charge in [-0.05, 0) is 45.0 Å². The van der Waals surface area contributed by atoms with Crippen LogP contribution >= 0.6 is 0 Å². The van der Waals surface area contributed by atoms with Gasteiger partial charge in [0.25, 0.3) is 5.91 Å². The largest absolute Gasteiger partial charge is 0.444 e. The maximum Gasteiger partial charge on any atom is 0.410 e. The standard InChI is InChI=1S/C28H26N6O5/c1-28(2,3)39-27(36)34-10-8-33(9-11-34)26(35)21-12-22(37-24-6-4-19(15-29)17-31-24)14-23(13-21)38-25-7-5-20(16-30)18-32-25/h4-7,12-14,17-18H,8-11H2,1-3H3. The maximum absolute atomic E-state index is 13.5. The van der Waals surface area contributed by atoms with Gasteiger partial charge in [-0.25, -0.2) is 14.8 Å². The van der Waals surface area contributed by atoms with E-state index in [1.165, 1.54) is 12.4 Å². The van der Waals surface area contributed by atoms with E-state index in [4.69, 9.17) is 24.7 Å². The molecule has 3 aromatic rings. The minimum atomic E-state index is -0.603. The van der Waals surface area contributed by atoms with Crippen molar-refractivity contribution in [3.05, 3.63) is 71.5 Å². The molecule has 3 heterocycles. The molecule has 39 heavy (non-hydrogen) atoms. The summed E-state index contributed by atoms with van der Waals surface area (Å²) in [6.07, 6.45) is 2.35. The van der Waals surface area contributed by atoms with Gasteiger partial charge in [0.05, 0.1) is 11.1 Å². The molecule has 0 radical (unpaired) electrons. The average Bonchev–Trinajstić information content (AvgIpc) is 2.92. The highest BCUT2D eigenvalue weighted by atomic mass is 16.6. The smallest absolute Gasteiger partial charge is 0.410 e. The van der Waals surface area contributed by atoms with Crippen molar-refractivity contribution in [2.24, 2.45) is 0 Å². The van der Waals surface area contributed by atoms with E-state index in [1.807, 2.05) is 12.1 Å². The van der Waals surface area contributed by atoms with E-state index in [0.29, 0.717) is 42.9 Å². The number of benzene rings is 1. The van der Waals surface area contributed by atoms with Crippen LogP contribution in [-0.4, -0.2) is 63.5 Å². The first-order valence-corrected chi connectivity index (χ1v) is 12.1. The Balaban J connectivity index is 1.54. The van der Waals surface area contributed by atoms with Gasteiger partial charge in [-0.15, -0.1) is 0 Å². The van der Waals surface area contributed by atoms with Crippen LogP contribution in [0.4, 0.5) is 4.79 Å². The molecule has 0 aliphatic carbocycles. The van der Waals surface area contributed by atoms with Crippen LogP contribution in [0.3, 0.4) is 0 Å². The molecule has 1 fully saturated rings. The fourth-order valence-electron chi connectivity index (χ4n) is 3.67. The lowest BCUT2D eigenvalue weighted by atomic mass is 10.1. The zero-order chi connectivity index (χ0) is 28.0. The maximum atomic E-state index is 13.5. The Labute approximate surface area is 225 Å². The second-order valence-corrected chi connectivity index (χ2v) is 9.65. The summed E-state index contributed by atoms with van der Waals surface area (Å²) < 4.78 is 17.2. The Morgan fingerprint density at radius 3 is 1.69 bits per heavy atom. The number of pyridine rings is 2. The average molecular weight is 527 g/mol. The molecule has 2 amide bonds. The molecule has 0 saturated carbocycles. The van der Waals surface area contributed by atoms with Crippen LogP contribution < -0.4 is 9.47 Å². The van der Waals surface area contributed by atoms with E-state index in [0.717, 1.165) is 0 Å². The number of amides is 2. The van der Waals surface area contributed by atoms with Crippen molar-refractivity contribution < 1.29 is 23.8 Å². The predicted molar refractivity (Wildman–Crippen MR) is 138 cm³/mol. The number of nitriles is 2. The number of aromatic nitrogens is 2. The van der Waals surface area contributed by atoms with Crippen molar-refractivity contribution in [1.82, 2.24) is 19.8 Å². The SMILES string of the molecule is CC(C)(C)OC(=O)N1CCN(C(=O)c2cc(Oc3ccc(C#N)cn3)cc(Oc3ccc(C#N)cn3)c2)CC1. The number of piperazine rings is 1. The lowest BCUT2D eigenvalue weighted by Gasteiger charge is -2.35. The summed E-state index contributed by atoms with van der Waals surface area (Å²) in [5, 5.41) is 18.0. The van der Waals surface area contributed by atoms with Crippen molar-refractivity contribution in [1.29, 1.82) is 10.5 Å². The fraction of sp³-hybridized carbons (Fsp3) is 0.286. The normalized spacial score (nSPS) is 13.2. The van der Waals surface area contributed by atoms with Crippen LogP contribution in [-0.2, 0) is 4.74 Å². The molecule has 1 saturated heterocycles. The Hall–Kier alpha value is -5.16. The molecule has 2 aromatic heterocycles. The van der Waals surface area contributed by atoms with E-state index in [1.54, 1.807) is 73.0 Å². The van der Waals surface area contributed by atoms with Crippen molar-refractivity contribution >= 4 is 12.0 Å². The summed E-state index contributed by atoms with van der Waals surface area (Å²) in [6.45, 7) is 6.75. The van der Waals surface area contributed by atoms with E-state index >= 15 is 0 Å². The third kappa shape index (κ3) is 7.21. The first-order chi connectivity index (χ1) is 18.6. The van der Waals surface area contributed by atoms with Crippen LogP contribution in [0.5, 0.6) is 23.3 Å². The molecule has 1 aliphatic heterocycles. The first kappa shape index (κ1) is 26.9. The minimum Gasteiger partial charge on any atom is -0.444 e. The molecule has 1 aliphatic rings. The summed E-state index contributed by atoms with van der Waals surface area (Å²) in [6, 6.07) is 14.9. The number of hydrogen-bond acceptors (Lipinski definition) is 9. The van der Waals surface area contributed by atoms with Crippen molar-refractivity contribution in [3.63, 3.8) is 0 Å². The molecule has 1 aromatic carbocycles. The highest BCUT2D eigenvalue weighted by Crippen LogP contribution is 2.30. The van der Waals surface area contributed by atoms with Gasteiger partial charge in [0.2, 0.25) is 11.8 Å². The highest BCUT2D eigenvalue weighted by molar-refractivity contribution is 5.95. The van der Waals surface area contributed by atoms with Crippen LogP contribution in [0.25, 0.3) is 0 Å². The number of ether oxygens (including phenoxy) is 3. The number of rotatable bonds is 5. The van der Waals surface area contributed by atoms with E-state index < -0.39 is 11.7 Å². The second-order valence-electron chi connectivity index (χ2n) is 9.65. The summed E-state index contributed by atoms with van der Waals surface area (Å²) in [5.74, 6) is 0.761. The molecule has 198 valence electrons. The zero-order valence-electron chi connectivity index (χ0n) is 21.7. The minimum absolute atomic E-state index is 0.229. The Kier molecular flexibility index (Phi) is 7.92. The quantitative estimate of drug-likeness (QED) is 0.470. The Morgan fingerprint density at radius 1 is 0.795 bits per heavy atom. The summed E-state index contributed by atoms with van der Waals surface area (Å²) in [5.41, 5.74) is 0.463. The molecule has 11 nitrogen and oxygen atoms in total. The van der Waals surface area contributed by atoms with Gasteiger partial charge in [0.15, 0.2) is 0 Å². The summed E-state index contributed by atoms with van der Waals surface area (Å²) in [7, 11) is 0. The molecule has 0 N–H and O–H groups in total. The number of hydrogen-bond donors (Lipinski definition) is 0. The van der Waals surface area contributed by atoms with Crippen molar-refractivity contribution in [2.75, 3.05) is 26.2 Å². The van der Waals surface area contributed by atoms with Gasteiger partial charge >= 0.3 is 6.09 Å². The van der Waals surface area contributed by atoms with E-state index in [9.17, 15) is 9.59 Å². The first-order valence-electron chi connectivity index (χ1n) is 12.1. The van der Waals surface area contributed by atoms with Crippen LogP contribution in [0, 0.1) is 22.7 Å². The molecular formula is C28H26N6O5. The number of nitrogens with zero attached hydrogens (tertiary/aromatic N) is 6. The lowest BCUT2D eigenvalue weighted by molar-refractivity contribution is 0.0141. The third-order valence-electron chi connectivity index (χ3n) is 5.52. The molecular weight excluding hydrogens is 500 g/mol. The summed E-state index contributed by atoms with van der Waals surface area (Å²) in [4.78, 5) is 37.3. The molecule has 4 rings (SSSR count). The number of carbonyl (C=O) groups excluding carboxylic acids is 2. The molecule has 0 unspecified atom stereocenters. The Bertz CT molecular complexity index is 1350. The third-order valence-corrected chi connectivity index (χ3v) is 5.52. The lowest BCUT2D eigenvalue weighted by Crippen LogP contribution is -2.51. The molecule has 11 heteroatoms. The summed E-state index contributed by atoms with van der Waals surface area (Å²) >= 11 is 0. The monoisotopic (exact) mass is 526 g/mol. The Morgan fingerprint density at radius 2 is 1.28 bits per heavy atom. The van der Waals surface area contributed by atoms with E-state index in [-0.39, 0.29) is 29.2 Å². The van der Waals surface area contributed by atoms with Gasteiger partial charge in [-0.2, -0.15) is 10.5 Å². The van der Waals surface area contributed by atoms with Crippen molar-refractivity contribution in [3.8, 4) is 35.4 Å². The van der Waals surface area contributed by atoms with Crippen molar-refractivity contribution in [2.45, 2.75) is 26.4 Å². The highest BCUT2D eigenvalue weighted by Gasteiger charge is 2.28. The van der Waals surface area contributed by atoms with Crippen LogP contribution in [0.15, 0.2) is 54.9 Å². The zero-order valence-corrected chi connectivity index (χ0v) is 21.7. The van der Waals surface area contributed by atoms with Crippen LogP contribution in [0.1, 0.15) is 42.3 Å².